The van der Waals surface area contributed by atoms with E-state index in [1.165, 1.54) is 0 Å². The maximum atomic E-state index is 11.4. The summed E-state index contributed by atoms with van der Waals surface area (Å²) >= 11 is 3.37. The van der Waals surface area contributed by atoms with Crippen molar-refractivity contribution in [2.45, 2.75) is 20.0 Å². The number of benzene rings is 1. The van der Waals surface area contributed by atoms with Crippen molar-refractivity contribution in [2.24, 2.45) is 5.92 Å². The van der Waals surface area contributed by atoms with E-state index >= 15 is 0 Å². The van der Waals surface area contributed by atoms with Crippen LogP contribution in [-0.4, -0.2) is 42.6 Å². The molecule has 0 aliphatic carbocycles. The second-order valence-electron chi connectivity index (χ2n) is 5.28. The molecule has 0 saturated carbocycles. The van der Waals surface area contributed by atoms with Crippen molar-refractivity contribution in [1.82, 2.24) is 10.2 Å². The van der Waals surface area contributed by atoms with Crippen LogP contribution >= 0.6 is 15.9 Å². The van der Waals surface area contributed by atoms with Crippen molar-refractivity contribution in [1.29, 1.82) is 0 Å². The van der Waals surface area contributed by atoms with Crippen LogP contribution in [0.1, 0.15) is 25.5 Å². The Balaban J connectivity index is 2.33. The van der Waals surface area contributed by atoms with E-state index in [0.29, 0.717) is 19.6 Å². The van der Waals surface area contributed by atoms with Gasteiger partial charge in [-0.2, -0.15) is 0 Å². The summed E-state index contributed by atoms with van der Waals surface area (Å²) in [4.78, 5) is 13.4. The number of carbonyl (C=O) groups is 1. The van der Waals surface area contributed by atoms with Crippen LogP contribution in [0.15, 0.2) is 28.7 Å². The van der Waals surface area contributed by atoms with Gasteiger partial charge in [-0.05, 0) is 24.7 Å². The number of aliphatic hydroxyl groups is 1. The molecule has 0 spiro atoms. The van der Waals surface area contributed by atoms with Crippen LogP contribution in [0.25, 0.3) is 0 Å². The summed E-state index contributed by atoms with van der Waals surface area (Å²) in [6.07, 6.45) is -0.520. The number of aliphatic hydroxyl groups excluding tert-OH is 1. The van der Waals surface area contributed by atoms with Crippen LogP contribution in [0.4, 0.5) is 0 Å². The van der Waals surface area contributed by atoms with Gasteiger partial charge in [0, 0.05) is 30.0 Å². The fourth-order valence-electron chi connectivity index (χ4n) is 1.75. The normalized spacial score (nSPS) is 12.8. The van der Waals surface area contributed by atoms with Crippen molar-refractivity contribution in [2.75, 3.05) is 26.7 Å². The Hall–Kier alpha value is -0.910. The van der Waals surface area contributed by atoms with Crippen molar-refractivity contribution in [3.8, 4) is 0 Å². The Morgan fingerprint density at radius 2 is 1.95 bits per heavy atom. The number of likely N-dealkylation sites (N-methyl/N-ethyl adjacent to an activating group) is 1. The molecule has 0 aromatic heterocycles. The molecule has 5 heteroatoms. The molecule has 0 fully saturated rings. The first kappa shape index (κ1) is 17.1. The van der Waals surface area contributed by atoms with E-state index in [9.17, 15) is 9.90 Å². The van der Waals surface area contributed by atoms with Gasteiger partial charge < -0.3 is 15.3 Å². The Morgan fingerprint density at radius 1 is 1.35 bits per heavy atom. The van der Waals surface area contributed by atoms with Gasteiger partial charge >= 0.3 is 0 Å². The minimum absolute atomic E-state index is 0.00802. The highest BCUT2D eigenvalue weighted by Gasteiger charge is 2.11. The minimum Gasteiger partial charge on any atom is -0.387 e. The van der Waals surface area contributed by atoms with E-state index < -0.39 is 6.10 Å². The van der Waals surface area contributed by atoms with Crippen molar-refractivity contribution in [3.05, 3.63) is 34.3 Å². The van der Waals surface area contributed by atoms with Gasteiger partial charge in [0.15, 0.2) is 0 Å². The average molecular weight is 343 g/mol. The van der Waals surface area contributed by atoms with Crippen molar-refractivity contribution in [3.63, 3.8) is 0 Å². The number of carbonyl (C=O) groups excluding carboxylic acids is 1. The van der Waals surface area contributed by atoms with Crippen molar-refractivity contribution >= 4 is 21.8 Å². The predicted molar refractivity (Wildman–Crippen MR) is 84.4 cm³/mol. The molecule has 0 aliphatic rings. The first-order chi connectivity index (χ1) is 9.40. The first-order valence-corrected chi connectivity index (χ1v) is 7.59. The number of halogens is 1. The predicted octanol–water partition coefficient (Wildman–Crippen LogP) is 2.19. The topological polar surface area (TPSA) is 52.6 Å². The molecule has 0 bridgehead atoms. The van der Waals surface area contributed by atoms with Crippen LogP contribution in [0.3, 0.4) is 0 Å². The molecule has 112 valence electrons. The maximum absolute atomic E-state index is 11.4. The molecular weight excluding hydrogens is 320 g/mol. The SMILES string of the molecule is CC(C)C(=O)NCCN(C)CC(O)c1ccc(Br)cc1. The van der Waals surface area contributed by atoms with E-state index in [0.717, 1.165) is 10.0 Å². The molecule has 0 aliphatic heterocycles. The van der Waals surface area contributed by atoms with Gasteiger partial charge in [-0.1, -0.05) is 41.9 Å². The fourth-order valence-corrected chi connectivity index (χ4v) is 2.02. The van der Waals surface area contributed by atoms with Crippen LogP contribution < -0.4 is 5.32 Å². The van der Waals surface area contributed by atoms with Crippen LogP contribution in [-0.2, 0) is 4.79 Å². The summed E-state index contributed by atoms with van der Waals surface area (Å²) < 4.78 is 0.998. The van der Waals surface area contributed by atoms with Gasteiger partial charge in [0.25, 0.3) is 0 Å². The van der Waals surface area contributed by atoms with E-state index in [-0.39, 0.29) is 11.8 Å². The molecule has 1 rings (SSSR count). The summed E-state index contributed by atoms with van der Waals surface area (Å²) in [5.74, 6) is 0.0699. The van der Waals surface area contributed by atoms with E-state index in [1.54, 1.807) is 0 Å². The summed E-state index contributed by atoms with van der Waals surface area (Å²) in [5, 5.41) is 13.0. The van der Waals surface area contributed by atoms with Gasteiger partial charge in [0.05, 0.1) is 6.10 Å². The number of hydrogen-bond donors (Lipinski definition) is 2. The second-order valence-corrected chi connectivity index (χ2v) is 6.19. The number of hydrogen-bond acceptors (Lipinski definition) is 3. The summed E-state index contributed by atoms with van der Waals surface area (Å²) in [7, 11) is 1.93. The zero-order valence-corrected chi connectivity index (χ0v) is 13.9. The summed E-state index contributed by atoms with van der Waals surface area (Å²) in [5.41, 5.74) is 0.895. The number of rotatable bonds is 7. The lowest BCUT2D eigenvalue weighted by Gasteiger charge is -2.21. The lowest BCUT2D eigenvalue weighted by Crippen LogP contribution is -2.36. The smallest absolute Gasteiger partial charge is 0.222 e. The Bertz CT molecular complexity index is 420. The van der Waals surface area contributed by atoms with E-state index in [4.69, 9.17) is 0 Å². The average Bonchev–Trinajstić information content (AvgIpc) is 2.39. The highest BCUT2D eigenvalue weighted by Crippen LogP contribution is 2.17. The van der Waals surface area contributed by atoms with Gasteiger partial charge in [0.1, 0.15) is 0 Å². The van der Waals surface area contributed by atoms with Gasteiger partial charge in [-0.25, -0.2) is 0 Å². The molecule has 0 saturated heterocycles. The van der Waals surface area contributed by atoms with Crippen LogP contribution in [0, 0.1) is 5.92 Å². The summed E-state index contributed by atoms with van der Waals surface area (Å²) in [6, 6.07) is 7.65. The third-order valence-electron chi connectivity index (χ3n) is 3.06. The number of nitrogens with zero attached hydrogens (tertiary/aromatic N) is 1. The molecule has 2 N–H and O–H groups in total. The molecule has 0 radical (unpaired) electrons. The first-order valence-electron chi connectivity index (χ1n) is 6.80. The molecule has 4 nitrogen and oxygen atoms in total. The third-order valence-corrected chi connectivity index (χ3v) is 3.59. The highest BCUT2D eigenvalue weighted by atomic mass is 79.9. The lowest BCUT2D eigenvalue weighted by molar-refractivity contribution is -0.124. The Labute approximate surface area is 129 Å². The van der Waals surface area contributed by atoms with Gasteiger partial charge in [-0.3, -0.25) is 4.79 Å². The Kier molecular flexibility index (Phi) is 7.19. The van der Waals surface area contributed by atoms with Gasteiger partial charge in [0.2, 0.25) is 5.91 Å². The standard InChI is InChI=1S/C15H23BrN2O2/c1-11(2)15(20)17-8-9-18(3)10-14(19)12-4-6-13(16)7-5-12/h4-7,11,14,19H,8-10H2,1-3H3,(H,17,20). The van der Waals surface area contributed by atoms with Crippen LogP contribution in [0.2, 0.25) is 0 Å². The molecule has 1 aromatic rings. The lowest BCUT2D eigenvalue weighted by atomic mass is 10.1. The largest absolute Gasteiger partial charge is 0.387 e. The fraction of sp³-hybridized carbons (Fsp3) is 0.533. The minimum atomic E-state index is -0.520. The molecule has 0 heterocycles. The van der Waals surface area contributed by atoms with Crippen LogP contribution in [0.5, 0.6) is 0 Å². The van der Waals surface area contributed by atoms with E-state index in [2.05, 4.69) is 21.2 Å². The molecule has 20 heavy (non-hydrogen) atoms. The highest BCUT2D eigenvalue weighted by molar-refractivity contribution is 9.10. The molecular formula is C15H23BrN2O2. The molecule has 1 aromatic carbocycles. The maximum Gasteiger partial charge on any atom is 0.222 e. The number of nitrogens with one attached hydrogen (secondary N) is 1. The molecule has 1 atom stereocenters. The van der Waals surface area contributed by atoms with Gasteiger partial charge in [-0.15, -0.1) is 0 Å². The molecule has 1 amide bonds. The summed E-state index contributed by atoms with van der Waals surface area (Å²) in [6.45, 7) is 5.60. The zero-order valence-electron chi connectivity index (χ0n) is 12.3. The number of amides is 1. The molecule has 1 unspecified atom stereocenters. The van der Waals surface area contributed by atoms with E-state index in [1.807, 2.05) is 50.1 Å². The second kappa shape index (κ2) is 8.39. The zero-order chi connectivity index (χ0) is 15.1. The third kappa shape index (κ3) is 6.03. The Morgan fingerprint density at radius 3 is 2.50 bits per heavy atom. The quantitative estimate of drug-likeness (QED) is 0.798. The monoisotopic (exact) mass is 342 g/mol. The van der Waals surface area contributed by atoms with Crippen molar-refractivity contribution < 1.29 is 9.90 Å².